The summed E-state index contributed by atoms with van der Waals surface area (Å²) in [6, 6.07) is 6.02. The van der Waals surface area contributed by atoms with E-state index in [1.165, 1.54) is 0 Å². The molecular weight excluding hydrogens is 284 g/mol. The lowest BCUT2D eigenvalue weighted by Gasteiger charge is -2.07. The van der Waals surface area contributed by atoms with Crippen molar-refractivity contribution in [1.29, 1.82) is 0 Å². The molecule has 7 heteroatoms. The number of anilines is 2. The third kappa shape index (κ3) is 5.43. The van der Waals surface area contributed by atoms with E-state index in [0.717, 1.165) is 12.8 Å². The van der Waals surface area contributed by atoms with Gasteiger partial charge in [-0.25, -0.2) is 4.79 Å². The van der Waals surface area contributed by atoms with Crippen molar-refractivity contribution in [2.75, 3.05) is 17.2 Å². The third-order valence-corrected chi connectivity index (χ3v) is 3.26. The van der Waals surface area contributed by atoms with Crippen molar-refractivity contribution < 1.29 is 14.4 Å². The maximum atomic E-state index is 11.8. The Hall–Kier alpha value is -2.57. The summed E-state index contributed by atoms with van der Waals surface area (Å²) in [7, 11) is 0. The predicted molar refractivity (Wildman–Crippen MR) is 83.2 cm³/mol. The highest BCUT2D eigenvalue weighted by molar-refractivity contribution is 5.92. The van der Waals surface area contributed by atoms with Gasteiger partial charge in [0, 0.05) is 30.3 Å². The van der Waals surface area contributed by atoms with Crippen LogP contribution in [0, 0.1) is 5.92 Å². The maximum Gasteiger partial charge on any atom is 0.316 e. The Morgan fingerprint density at radius 2 is 1.64 bits per heavy atom. The monoisotopic (exact) mass is 304 g/mol. The van der Waals surface area contributed by atoms with Crippen molar-refractivity contribution in [2.45, 2.75) is 25.7 Å². The summed E-state index contributed by atoms with van der Waals surface area (Å²) in [4.78, 5) is 33.8. The summed E-state index contributed by atoms with van der Waals surface area (Å²) in [6.07, 6.45) is 2.90. The number of nitrogens with two attached hydrogens (primary N) is 1. The molecule has 22 heavy (non-hydrogen) atoms. The molecule has 1 saturated carbocycles. The minimum atomic E-state index is -0.634. The molecular formula is C15H20N4O3. The third-order valence-electron chi connectivity index (χ3n) is 3.26. The molecule has 4 amide bonds. The molecule has 0 bridgehead atoms. The first-order valence-corrected chi connectivity index (χ1v) is 7.28. The maximum absolute atomic E-state index is 11.8. The van der Waals surface area contributed by atoms with Gasteiger partial charge in [0.05, 0.1) is 0 Å². The largest absolute Gasteiger partial charge is 0.356 e. The zero-order chi connectivity index (χ0) is 15.9. The number of benzene rings is 1. The van der Waals surface area contributed by atoms with Gasteiger partial charge in [0.25, 0.3) is 0 Å². The van der Waals surface area contributed by atoms with E-state index in [2.05, 4.69) is 16.0 Å². The molecule has 0 aromatic heterocycles. The lowest BCUT2D eigenvalue weighted by Crippen LogP contribution is -2.26. The minimum Gasteiger partial charge on any atom is -0.356 e. The fourth-order valence-corrected chi connectivity index (χ4v) is 1.95. The number of carbonyl (C=O) groups excluding carboxylic acids is 3. The highest BCUT2D eigenvalue weighted by Crippen LogP contribution is 2.28. The van der Waals surface area contributed by atoms with Crippen LogP contribution in [0.15, 0.2) is 24.3 Å². The summed E-state index contributed by atoms with van der Waals surface area (Å²) in [5, 5.41) is 8.01. The van der Waals surface area contributed by atoms with E-state index in [1.54, 1.807) is 24.3 Å². The van der Waals surface area contributed by atoms with E-state index in [1.807, 2.05) is 0 Å². The lowest BCUT2D eigenvalue weighted by molar-refractivity contribution is -0.122. The van der Waals surface area contributed by atoms with Gasteiger partial charge in [0.1, 0.15) is 0 Å². The highest BCUT2D eigenvalue weighted by Gasteiger charge is 2.28. The summed E-state index contributed by atoms with van der Waals surface area (Å²) in [5.41, 5.74) is 6.21. The molecule has 1 aliphatic rings. The Labute approximate surface area is 128 Å². The number of hydrogen-bond acceptors (Lipinski definition) is 3. The van der Waals surface area contributed by atoms with Crippen LogP contribution in [-0.2, 0) is 9.59 Å². The Balaban J connectivity index is 1.65. The quantitative estimate of drug-likeness (QED) is 0.571. The summed E-state index contributed by atoms with van der Waals surface area (Å²) in [6.45, 7) is 0.518. The first-order valence-electron chi connectivity index (χ1n) is 7.28. The van der Waals surface area contributed by atoms with E-state index in [-0.39, 0.29) is 17.7 Å². The fourth-order valence-electron chi connectivity index (χ4n) is 1.95. The molecule has 0 radical (unpaired) electrons. The van der Waals surface area contributed by atoms with Gasteiger partial charge >= 0.3 is 6.03 Å². The van der Waals surface area contributed by atoms with Gasteiger partial charge in [-0.15, -0.1) is 0 Å². The molecule has 2 rings (SSSR count). The number of carbonyl (C=O) groups is 3. The molecule has 1 aliphatic carbocycles. The second-order valence-corrected chi connectivity index (χ2v) is 5.28. The van der Waals surface area contributed by atoms with Crippen molar-refractivity contribution in [1.82, 2.24) is 5.32 Å². The highest BCUT2D eigenvalue weighted by atomic mass is 16.2. The van der Waals surface area contributed by atoms with Crippen LogP contribution in [0.2, 0.25) is 0 Å². The summed E-state index contributed by atoms with van der Waals surface area (Å²) >= 11 is 0. The standard InChI is InChI=1S/C15H20N4O3/c16-15(22)19-12-7-5-11(6-8-12)18-13(20)2-1-9-17-14(21)10-3-4-10/h5-8,10H,1-4,9H2,(H,17,21)(H,18,20)(H3,16,19,22). The number of rotatable bonds is 7. The Morgan fingerprint density at radius 3 is 2.18 bits per heavy atom. The summed E-state index contributed by atoms with van der Waals surface area (Å²) < 4.78 is 0. The number of nitrogens with one attached hydrogen (secondary N) is 3. The molecule has 1 aromatic carbocycles. The van der Waals surface area contributed by atoms with Crippen molar-refractivity contribution >= 4 is 29.2 Å². The lowest BCUT2D eigenvalue weighted by atomic mass is 10.2. The minimum absolute atomic E-state index is 0.0953. The van der Waals surface area contributed by atoms with Crippen LogP contribution >= 0.6 is 0 Å². The molecule has 1 fully saturated rings. The smallest absolute Gasteiger partial charge is 0.316 e. The van der Waals surface area contributed by atoms with Crippen LogP contribution in [0.4, 0.5) is 16.2 Å². The van der Waals surface area contributed by atoms with Crippen LogP contribution < -0.4 is 21.7 Å². The van der Waals surface area contributed by atoms with Crippen molar-refractivity contribution in [3.63, 3.8) is 0 Å². The first-order chi connectivity index (χ1) is 10.5. The van der Waals surface area contributed by atoms with Crippen molar-refractivity contribution in [2.24, 2.45) is 11.7 Å². The van der Waals surface area contributed by atoms with Crippen molar-refractivity contribution in [3.8, 4) is 0 Å². The van der Waals surface area contributed by atoms with Gasteiger partial charge in [-0.3, -0.25) is 9.59 Å². The van der Waals surface area contributed by atoms with Gasteiger partial charge in [-0.05, 0) is 43.5 Å². The van der Waals surface area contributed by atoms with E-state index >= 15 is 0 Å². The molecule has 0 heterocycles. The molecule has 0 unspecified atom stereocenters. The predicted octanol–water partition coefficient (Wildman–Crippen LogP) is 1.42. The Bertz CT molecular complexity index is 552. The van der Waals surface area contributed by atoms with Crippen LogP contribution in [0.1, 0.15) is 25.7 Å². The van der Waals surface area contributed by atoms with Gasteiger partial charge in [-0.2, -0.15) is 0 Å². The van der Waals surface area contributed by atoms with Crippen LogP contribution in [0.25, 0.3) is 0 Å². The molecule has 5 N–H and O–H groups in total. The van der Waals surface area contributed by atoms with E-state index in [4.69, 9.17) is 5.73 Å². The van der Waals surface area contributed by atoms with E-state index in [9.17, 15) is 14.4 Å². The molecule has 7 nitrogen and oxygen atoms in total. The topological polar surface area (TPSA) is 113 Å². The second kappa shape index (κ2) is 7.44. The number of hydrogen-bond donors (Lipinski definition) is 4. The van der Waals surface area contributed by atoms with Crippen molar-refractivity contribution in [3.05, 3.63) is 24.3 Å². The van der Waals surface area contributed by atoms with Gasteiger partial charge in [0.2, 0.25) is 11.8 Å². The Kier molecular flexibility index (Phi) is 5.35. The molecule has 118 valence electrons. The molecule has 1 aromatic rings. The summed E-state index contributed by atoms with van der Waals surface area (Å²) in [5.74, 6) is 0.176. The number of amides is 4. The number of primary amides is 1. The second-order valence-electron chi connectivity index (χ2n) is 5.28. The number of urea groups is 1. The molecule has 0 atom stereocenters. The average Bonchev–Trinajstić information content (AvgIpc) is 3.29. The van der Waals surface area contributed by atoms with Crippen LogP contribution in [0.3, 0.4) is 0 Å². The first kappa shape index (κ1) is 15.8. The molecule has 0 aliphatic heterocycles. The van der Waals surface area contributed by atoms with Gasteiger partial charge < -0.3 is 21.7 Å². The Morgan fingerprint density at radius 1 is 1.05 bits per heavy atom. The van der Waals surface area contributed by atoms with Crippen LogP contribution in [0.5, 0.6) is 0 Å². The van der Waals surface area contributed by atoms with Gasteiger partial charge in [0.15, 0.2) is 0 Å². The zero-order valence-corrected chi connectivity index (χ0v) is 12.2. The average molecular weight is 304 g/mol. The molecule has 0 saturated heterocycles. The zero-order valence-electron chi connectivity index (χ0n) is 12.2. The normalized spacial score (nSPS) is 13.3. The van der Waals surface area contributed by atoms with E-state index in [0.29, 0.717) is 30.8 Å². The SMILES string of the molecule is NC(=O)Nc1ccc(NC(=O)CCCNC(=O)C2CC2)cc1. The molecule has 0 spiro atoms. The van der Waals surface area contributed by atoms with E-state index < -0.39 is 6.03 Å². The van der Waals surface area contributed by atoms with Crippen LogP contribution in [-0.4, -0.2) is 24.4 Å². The fraction of sp³-hybridized carbons (Fsp3) is 0.400. The van der Waals surface area contributed by atoms with Gasteiger partial charge in [-0.1, -0.05) is 0 Å².